The molecule has 0 amide bonds. The van der Waals surface area contributed by atoms with E-state index in [9.17, 15) is 19.8 Å². The zero-order chi connectivity index (χ0) is 19.1. The molecular formula is C17H32O7. The fourth-order valence-corrected chi connectivity index (χ4v) is 2.10. The Morgan fingerprint density at radius 1 is 0.917 bits per heavy atom. The molecule has 3 unspecified atom stereocenters. The van der Waals surface area contributed by atoms with Gasteiger partial charge in [0.25, 0.3) is 0 Å². The maximum Gasteiger partial charge on any atom is 0.310 e. The van der Waals surface area contributed by atoms with Crippen molar-refractivity contribution in [3.8, 4) is 0 Å². The summed E-state index contributed by atoms with van der Waals surface area (Å²) in [5.41, 5.74) is -1.41. The van der Waals surface area contributed by atoms with Crippen LogP contribution in [0.15, 0.2) is 0 Å². The maximum atomic E-state index is 12.4. The van der Waals surface area contributed by atoms with E-state index in [-0.39, 0.29) is 12.8 Å². The molecule has 24 heavy (non-hydrogen) atoms. The maximum absolute atomic E-state index is 12.4. The SMILES string of the molecule is CC(C)(C)OC(=O)CC(CC(CO)C(O)CO)C(=O)OC(C)(C)C. The minimum absolute atomic E-state index is 0.00633. The second kappa shape index (κ2) is 9.34. The number of aliphatic hydroxyl groups is 3. The van der Waals surface area contributed by atoms with Crippen LogP contribution in [0, 0.1) is 11.8 Å². The third kappa shape index (κ3) is 9.85. The molecule has 0 aromatic carbocycles. The van der Waals surface area contributed by atoms with Gasteiger partial charge < -0.3 is 24.8 Å². The molecular weight excluding hydrogens is 316 g/mol. The zero-order valence-electron chi connectivity index (χ0n) is 15.5. The van der Waals surface area contributed by atoms with Crippen molar-refractivity contribution in [2.75, 3.05) is 13.2 Å². The molecule has 142 valence electrons. The Labute approximate surface area is 144 Å². The molecule has 0 saturated carbocycles. The van der Waals surface area contributed by atoms with E-state index in [1.807, 2.05) is 0 Å². The molecule has 0 rings (SSSR count). The lowest BCUT2D eigenvalue weighted by Gasteiger charge is -2.28. The van der Waals surface area contributed by atoms with Crippen LogP contribution in [0.25, 0.3) is 0 Å². The topological polar surface area (TPSA) is 113 Å². The van der Waals surface area contributed by atoms with E-state index in [4.69, 9.17) is 14.6 Å². The number of hydrogen-bond acceptors (Lipinski definition) is 7. The Balaban J connectivity index is 5.14. The van der Waals surface area contributed by atoms with Gasteiger partial charge in [-0.25, -0.2) is 0 Å². The van der Waals surface area contributed by atoms with Crippen molar-refractivity contribution < 1.29 is 34.4 Å². The third-order valence-corrected chi connectivity index (χ3v) is 3.13. The van der Waals surface area contributed by atoms with Gasteiger partial charge in [0.1, 0.15) is 11.2 Å². The predicted octanol–water partition coefficient (Wildman–Crippen LogP) is 1.03. The van der Waals surface area contributed by atoms with Crippen LogP contribution in [-0.4, -0.2) is 57.8 Å². The Morgan fingerprint density at radius 3 is 1.79 bits per heavy atom. The highest BCUT2D eigenvalue weighted by Gasteiger charge is 2.33. The van der Waals surface area contributed by atoms with Crippen LogP contribution in [0.5, 0.6) is 0 Å². The number of ether oxygens (including phenoxy) is 2. The van der Waals surface area contributed by atoms with Crippen LogP contribution in [0.1, 0.15) is 54.4 Å². The minimum atomic E-state index is -1.18. The normalized spacial score (nSPS) is 16.2. The summed E-state index contributed by atoms with van der Waals surface area (Å²) in [4.78, 5) is 24.4. The smallest absolute Gasteiger partial charge is 0.310 e. The van der Waals surface area contributed by atoms with Gasteiger partial charge in [0.15, 0.2) is 0 Å². The number of carbonyl (C=O) groups is 2. The highest BCUT2D eigenvalue weighted by atomic mass is 16.6. The highest BCUT2D eigenvalue weighted by molar-refractivity contribution is 5.80. The standard InChI is InChI=1S/C17H32O7/c1-16(2,3)23-14(21)8-11(15(22)24-17(4,5)6)7-12(9-18)13(20)10-19/h11-13,18-20H,7-10H2,1-6H3. The van der Waals surface area contributed by atoms with E-state index >= 15 is 0 Å². The second-order valence-electron chi connectivity index (χ2n) is 7.95. The zero-order valence-corrected chi connectivity index (χ0v) is 15.5. The fraction of sp³-hybridized carbons (Fsp3) is 0.882. The van der Waals surface area contributed by atoms with Gasteiger partial charge in [0.2, 0.25) is 0 Å². The Kier molecular flexibility index (Phi) is 8.88. The van der Waals surface area contributed by atoms with Crippen molar-refractivity contribution in [3.05, 3.63) is 0 Å². The van der Waals surface area contributed by atoms with E-state index in [1.54, 1.807) is 41.5 Å². The molecule has 7 nitrogen and oxygen atoms in total. The van der Waals surface area contributed by atoms with Gasteiger partial charge in [-0.05, 0) is 48.0 Å². The van der Waals surface area contributed by atoms with Crippen molar-refractivity contribution in [1.82, 2.24) is 0 Å². The molecule has 0 aliphatic carbocycles. The van der Waals surface area contributed by atoms with Gasteiger partial charge in [0.05, 0.1) is 25.0 Å². The molecule has 3 N–H and O–H groups in total. The highest BCUT2D eigenvalue weighted by Crippen LogP contribution is 2.24. The summed E-state index contributed by atoms with van der Waals surface area (Å²) in [6.07, 6.45) is -1.40. The number of carbonyl (C=O) groups excluding carboxylic acids is 2. The second-order valence-corrected chi connectivity index (χ2v) is 7.95. The molecule has 0 aromatic heterocycles. The molecule has 7 heteroatoms. The summed E-state index contributed by atoms with van der Waals surface area (Å²) in [5, 5.41) is 28.1. The number of rotatable bonds is 8. The van der Waals surface area contributed by atoms with Crippen molar-refractivity contribution in [3.63, 3.8) is 0 Å². The average Bonchev–Trinajstić information content (AvgIpc) is 2.38. The summed E-state index contributed by atoms with van der Waals surface area (Å²) >= 11 is 0. The third-order valence-electron chi connectivity index (χ3n) is 3.13. The molecule has 0 aliphatic heterocycles. The lowest BCUT2D eigenvalue weighted by Crippen LogP contribution is -2.36. The van der Waals surface area contributed by atoms with E-state index < -0.39 is 54.3 Å². The van der Waals surface area contributed by atoms with Gasteiger partial charge in [-0.2, -0.15) is 0 Å². The Hall–Kier alpha value is -1.18. The quantitative estimate of drug-likeness (QED) is 0.561. The molecule has 0 fully saturated rings. The summed E-state index contributed by atoms with van der Waals surface area (Å²) in [6, 6.07) is 0. The first-order valence-electron chi connectivity index (χ1n) is 8.13. The van der Waals surface area contributed by atoms with Crippen LogP contribution in [-0.2, 0) is 19.1 Å². The van der Waals surface area contributed by atoms with Gasteiger partial charge >= 0.3 is 11.9 Å². The summed E-state index contributed by atoms with van der Waals surface area (Å²) in [7, 11) is 0. The first kappa shape index (κ1) is 22.8. The van der Waals surface area contributed by atoms with Crippen LogP contribution in [0.3, 0.4) is 0 Å². The van der Waals surface area contributed by atoms with Crippen molar-refractivity contribution in [2.24, 2.45) is 11.8 Å². The van der Waals surface area contributed by atoms with Crippen LogP contribution in [0.4, 0.5) is 0 Å². The fourth-order valence-electron chi connectivity index (χ4n) is 2.10. The first-order valence-corrected chi connectivity index (χ1v) is 8.13. The lowest BCUT2D eigenvalue weighted by molar-refractivity contribution is -0.168. The van der Waals surface area contributed by atoms with Gasteiger partial charge in [-0.3, -0.25) is 9.59 Å². The number of aliphatic hydroxyl groups excluding tert-OH is 3. The molecule has 0 aliphatic rings. The molecule has 0 spiro atoms. The van der Waals surface area contributed by atoms with E-state index in [2.05, 4.69) is 0 Å². The Morgan fingerprint density at radius 2 is 1.42 bits per heavy atom. The number of hydrogen-bond donors (Lipinski definition) is 3. The van der Waals surface area contributed by atoms with Crippen LogP contribution in [0.2, 0.25) is 0 Å². The lowest BCUT2D eigenvalue weighted by atomic mass is 9.88. The predicted molar refractivity (Wildman–Crippen MR) is 88.1 cm³/mol. The first-order chi connectivity index (χ1) is 10.8. The van der Waals surface area contributed by atoms with E-state index in [0.29, 0.717) is 0 Å². The minimum Gasteiger partial charge on any atom is -0.460 e. The van der Waals surface area contributed by atoms with Crippen molar-refractivity contribution in [1.29, 1.82) is 0 Å². The summed E-state index contributed by atoms with van der Waals surface area (Å²) in [6.45, 7) is 9.33. The molecule has 0 bridgehead atoms. The largest absolute Gasteiger partial charge is 0.460 e. The van der Waals surface area contributed by atoms with Gasteiger partial charge in [-0.15, -0.1) is 0 Å². The van der Waals surface area contributed by atoms with E-state index in [0.717, 1.165) is 0 Å². The molecule has 3 atom stereocenters. The Bertz CT molecular complexity index is 406. The van der Waals surface area contributed by atoms with Gasteiger partial charge in [-0.1, -0.05) is 0 Å². The molecule has 0 heterocycles. The average molecular weight is 348 g/mol. The molecule has 0 aromatic rings. The van der Waals surface area contributed by atoms with Gasteiger partial charge in [0, 0.05) is 12.5 Å². The van der Waals surface area contributed by atoms with E-state index in [1.165, 1.54) is 0 Å². The van der Waals surface area contributed by atoms with Crippen LogP contribution < -0.4 is 0 Å². The number of esters is 2. The monoisotopic (exact) mass is 348 g/mol. The van der Waals surface area contributed by atoms with Crippen molar-refractivity contribution in [2.45, 2.75) is 71.7 Å². The van der Waals surface area contributed by atoms with Crippen LogP contribution >= 0.6 is 0 Å². The molecule has 0 saturated heterocycles. The van der Waals surface area contributed by atoms with Crippen molar-refractivity contribution >= 4 is 11.9 Å². The molecule has 0 radical (unpaired) electrons. The summed E-state index contributed by atoms with van der Waals surface area (Å²) in [5.74, 6) is -2.78. The summed E-state index contributed by atoms with van der Waals surface area (Å²) < 4.78 is 10.5.